The van der Waals surface area contributed by atoms with Crippen molar-refractivity contribution in [3.63, 3.8) is 0 Å². The van der Waals surface area contributed by atoms with E-state index in [9.17, 15) is 10.1 Å². The maximum Gasteiger partial charge on any atom is 0.271 e. The zero-order valence-corrected chi connectivity index (χ0v) is 12.6. The second-order valence-corrected chi connectivity index (χ2v) is 5.09. The molecular formula is C15H12ClN5O2. The van der Waals surface area contributed by atoms with Crippen LogP contribution in [0.15, 0.2) is 47.5 Å². The summed E-state index contributed by atoms with van der Waals surface area (Å²) in [5.74, 6) is 1.14. The number of nitro groups is 1. The van der Waals surface area contributed by atoms with Crippen molar-refractivity contribution < 1.29 is 4.92 Å². The highest BCUT2D eigenvalue weighted by atomic mass is 35.5. The monoisotopic (exact) mass is 329 g/mol. The van der Waals surface area contributed by atoms with Gasteiger partial charge in [-0.1, -0.05) is 0 Å². The van der Waals surface area contributed by atoms with Crippen LogP contribution in [0.1, 0.15) is 0 Å². The predicted molar refractivity (Wildman–Crippen MR) is 90.2 cm³/mol. The van der Waals surface area contributed by atoms with Crippen molar-refractivity contribution in [3.05, 3.63) is 52.6 Å². The number of nitrogens with two attached hydrogens (primary N) is 1. The van der Waals surface area contributed by atoms with Gasteiger partial charge in [-0.25, -0.2) is 9.98 Å². The van der Waals surface area contributed by atoms with Crippen LogP contribution in [0, 0.1) is 10.1 Å². The number of aliphatic imine (C=N–C) groups is 1. The molecule has 2 aromatic carbocycles. The van der Waals surface area contributed by atoms with E-state index < -0.39 is 4.92 Å². The van der Waals surface area contributed by atoms with E-state index in [2.05, 4.69) is 15.0 Å². The van der Waals surface area contributed by atoms with Crippen molar-refractivity contribution in [1.82, 2.24) is 9.97 Å². The predicted octanol–water partition coefficient (Wildman–Crippen LogP) is 3.37. The van der Waals surface area contributed by atoms with Crippen molar-refractivity contribution in [1.29, 1.82) is 0 Å². The SMILES string of the molecule is NC(CCl)=Nc1ccc(-c2nc3ccc([N+](=O)[O-])cc3[nH]2)cc1. The Hall–Kier alpha value is -2.93. The number of amidine groups is 1. The van der Waals surface area contributed by atoms with Gasteiger partial charge in [-0.3, -0.25) is 10.1 Å². The second-order valence-electron chi connectivity index (χ2n) is 4.83. The average Bonchev–Trinajstić information content (AvgIpc) is 2.98. The van der Waals surface area contributed by atoms with Crippen molar-refractivity contribution in [2.24, 2.45) is 10.7 Å². The first-order valence-corrected chi connectivity index (χ1v) is 7.24. The molecule has 0 saturated carbocycles. The van der Waals surface area contributed by atoms with Gasteiger partial charge in [-0.2, -0.15) is 0 Å². The molecule has 0 aliphatic rings. The summed E-state index contributed by atoms with van der Waals surface area (Å²) >= 11 is 5.59. The van der Waals surface area contributed by atoms with Crippen molar-refractivity contribution >= 4 is 39.8 Å². The zero-order chi connectivity index (χ0) is 16.4. The Morgan fingerprint density at radius 1 is 1.30 bits per heavy atom. The number of alkyl halides is 1. The highest BCUT2D eigenvalue weighted by molar-refractivity contribution is 6.28. The molecule has 0 radical (unpaired) electrons. The Balaban J connectivity index is 1.95. The molecule has 1 heterocycles. The van der Waals surface area contributed by atoms with Gasteiger partial charge in [0.1, 0.15) is 11.7 Å². The number of imidazole rings is 1. The first-order valence-electron chi connectivity index (χ1n) is 6.70. The molecule has 0 aliphatic carbocycles. The van der Waals surface area contributed by atoms with Gasteiger partial charge >= 0.3 is 0 Å². The molecule has 1 aromatic heterocycles. The molecular weight excluding hydrogens is 318 g/mol. The number of aromatic nitrogens is 2. The second kappa shape index (κ2) is 6.05. The number of halogens is 1. The molecule has 0 unspecified atom stereocenters. The van der Waals surface area contributed by atoms with E-state index >= 15 is 0 Å². The fourth-order valence-corrected chi connectivity index (χ4v) is 2.20. The van der Waals surface area contributed by atoms with Crippen molar-refractivity contribution in [2.75, 3.05) is 5.88 Å². The van der Waals surface area contributed by atoms with E-state index in [-0.39, 0.29) is 11.6 Å². The summed E-state index contributed by atoms with van der Waals surface area (Å²) in [6.07, 6.45) is 0. The van der Waals surface area contributed by atoms with E-state index in [1.165, 1.54) is 12.1 Å². The molecule has 3 rings (SSSR count). The molecule has 0 aliphatic heterocycles. The van der Waals surface area contributed by atoms with Gasteiger partial charge in [0.2, 0.25) is 0 Å². The van der Waals surface area contributed by atoms with Gasteiger partial charge in [-0.05, 0) is 30.3 Å². The molecule has 116 valence electrons. The summed E-state index contributed by atoms with van der Waals surface area (Å²) in [4.78, 5) is 22.0. The van der Waals surface area contributed by atoms with Gasteiger partial charge in [0, 0.05) is 17.7 Å². The van der Waals surface area contributed by atoms with Gasteiger partial charge in [0.25, 0.3) is 5.69 Å². The lowest BCUT2D eigenvalue weighted by Gasteiger charge is -1.99. The minimum absolute atomic E-state index is 0.0222. The number of H-pyrrole nitrogens is 1. The molecule has 0 atom stereocenters. The molecule has 0 bridgehead atoms. The van der Waals surface area contributed by atoms with E-state index in [1.807, 2.05) is 12.1 Å². The number of nitrogens with one attached hydrogen (secondary N) is 1. The lowest BCUT2D eigenvalue weighted by Crippen LogP contribution is -2.12. The molecule has 8 heteroatoms. The van der Waals surface area contributed by atoms with E-state index in [1.54, 1.807) is 18.2 Å². The number of hydrogen-bond acceptors (Lipinski definition) is 4. The van der Waals surface area contributed by atoms with E-state index in [4.69, 9.17) is 17.3 Å². The topological polar surface area (TPSA) is 110 Å². The number of rotatable bonds is 4. The Morgan fingerprint density at radius 2 is 2.04 bits per heavy atom. The van der Waals surface area contributed by atoms with E-state index in [0.717, 1.165) is 5.56 Å². The molecule has 3 N–H and O–H groups in total. The van der Waals surface area contributed by atoms with Crippen LogP contribution in [0.25, 0.3) is 22.4 Å². The van der Waals surface area contributed by atoms with Crippen LogP contribution in [-0.4, -0.2) is 26.6 Å². The van der Waals surface area contributed by atoms with Crippen molar-refractivity contribution in [3.8, 4) is 11.4 Å². The number of non-ortho nitro benzene ring substituents is 1. The lowest BCUT2D eigenvalue weighted by molar-refractivity contribution is -0.384. The molecule has 7 nitrogen and oxygen atoms in total. The van der Waals surface area contributed by atoms with Crippen molar-refractivity contribution in [2.45, 2.75) is 0 Å². The van der Waals surface area contributed by atoms with Crippen LogP contribution >= 0.6 is 11.6 Å². The number of nitro benzene ring substituents is 1. The van der Waals surface area contributed by atoms with Crippen LogP contribution in [0.2, 0.25) is 0 Å². The fraction of sp³-hybridized carbons (Fsp3) is 0.0667. The summed E-state index contributed by atoms with van der Waals surface area (Å²) in [5, 5.41) is 10.8. The summed E-state index contributed by atoms with van der Waals surface area (Å²) in [6, 6.07) is 11.8. The number of benzene rings is 2. The quantitative estimate of drug-likeness (QED) is 0.251. The minimum Gasteiger partial charge on any atom is -0.386 e. The number of fused-ring (bicyclic) bond motifs is 1. The molecule has 0 saturated heterocycles. The highest BCUT2D eigenvalue weighted by Crippen LogP contribution is 2.25. The molecule has 3 aromatic rings. The maximum absolute atomic E-state index is 10.8. The van der Waals surface area contributed by atoms with Crippen LogP contribution < -0.4 is 5.73 Å². The summed E-state index contributed by atoms with van der Waals surface area (Å²) in [7, 11) is 0. The average molecular weight is 330 g/mol. The fourth-order valence-electron chi connectivity index (χ4n) is 2.14. The van der Waals surface area contributed by atoms with E-state index in [0.29, 0.717) is 28.4 Å². The molecule has 0 spiro atoms. The lowest BCUT2D eigenvalue weighted by atomic mass is 10.2. The van der Waals surface area contributed by atoms with Gasteiger partial charge in [0.15, 0.2) is 0 Å². The largest absolute Gasteiger partial charge is 0.386 e. The highest BCUT2D eigenvalue weighted by Gasteiger charge is 2.10. The number of nitrogens with zero attached hydrogens (tertiary/aromatic N) is 3. The van der Waals surface area contributed by atoms with Crippen LogP contribution in [0.5, 0.6) is 0 Å². The summed E-state index contributed by atoms with van der Waals surface area (Å²) in [6.45, 7) is 0. The Bertz CT molecular complexity index is 902. The summed E-state index contributed by atoms with van der Waals surface area (Å²) in [5.41, 5.74) is 8.42. The first-order chi connectivity index (χ1) is 11.1. The molecule has 0 amide bonds. The normalized spacial score (nSPS) is 11.8. The third-order valence-electron chi connectivity index (χ3n) is 3.23. The smallest absolute Gasteiger partial charge is 0.271 e. The van der Waals surface area contributed by atoms with Gasteiger partial charge in [-0.15, -0.1) is 11.6 Å². The maximum atomic E-state index is 10.8. The summed E-state index contributed by atoms with van der Waals surface area (Å²) < 4.78 is 0. The minimum atomic E-state index is -0.436. The zero-order valence-electron chi connectivity index (χ0n) is 11.9. The standard InChI is InChI=1S/C15H12ClN5O2/c16-8-14(17)18-10-3-1-9(2-4-10)15-19-12-6-5-11(21(22)23)7-13(12)20-15/h1-7H,8H2,(H2,17,18)(H,19,20). The van der Waals surface area contributed by atoms with Gasteiger partial charge < -0.3 is 10.7 Å². The first kappa shape index (κ1) is 15.0. The van der Waals surface area contributed by atoms with Crippen LogP contribution in [0.4, 0.5) is 11.4 Å². The molecule has 0 fully saturated rings. The molecule has 23 heavy (non-hydrogen) atoms. The third-order valence-corrected chi connectivity index (χ3v) is 3.50. The van der Waals surface area contributed by atoms with Gasteiger partial charge in [0.05, 0.1) is 27.5 Å². The Kier molecular flexibility index (Phi) is 3.94. The van der Waals surface area contributed by atoms with Crippen LogP contribution in [-0.2, 0) is 0 Å². The Morgan fingerprint density at radius 3 is 2.70 bits per heavy atom. The third kappa shape index (κ3) is 3.14. The Labute approximate surface area is 136 Å². The van der Waals surface area contributed by atoms with Crippen LogP contribution in [0.3, 0.4) is 0 Å². The number of aromatic amines is 1. The number of hydrogen-bond donors (Lipinski definition) is 2.